The van der Waals surface area contributed by atoms with Crippen LogP contribution in [0, 0.1) is 0 Å². The summed E-state index contributed by atoms with van der Waals surface area (Å²) in [6.07, 6.45) is -7.77. The highest BCUT2D eigenvalue weighted by atomic mass is 16.7. The molecule has 0 unspecified atom stereocenters. The Morgan fingerprint density at radius 1 is 0.345 bits per heavy atom. The second-order valence-corrected chi connectivity index (χ2v) is 21.3. The molecule has 0 aromatic heterocycles. The fourth-order valence-corrected chi connectivity index (χ4v) is 12.3. The molecule has 0 fully saturated rings. The van der Waals surface area contributed by atoms with Crippen LogP contribution in [0.5, 0.6) is 109 Å². The number of aliphatic hydroxyl groups excluding tert-OH is 4. The molecule has 4 heterocycles. The van der Waals surface area contributed by atoms with Crippen molar-refractivity contribution in [3.63, 3.8) is 0 Å². The van der Waals surface area contributed by atoms with E-state index in [1.165, 1.54) is 84.9 Å². The standard InChI is InChI=1S/C31H28O11.C30H24O12/c32-14-7-24(39)28-26(8-14)42-31(13-2-4-19(34)23(38)6-13)30(41)29(28)27-17-9-15(12-1-3-18(33)22(37)5-12)20(35)10-16(17)21(36)11-25(27)40;31-13-7-20(37)24-22(8-13)41-30(12-2-4-16(33)19(36)6-12)29(39)26(24)25-23(42-30)10-17(34)14-9-21(38)27(40-28(14)25)11-1-3-15(32)18(35)5-11/h1-8,11,15,20,29-41H,9-10H2;1-8,10,21,26-27,29,31-39H,9H2/t15-,20-,29+,30-,31-;21-,26-,27-,29-,30+/m11/s1. The van der Waals surface area contributed by atoms with E-state index >= 15 is 0 Å². The monoisotopic (exact) mass is 1150 g/mol. The molecule has 0 saturated carbocycles. The zero-order valence-electron chi connectivity index (χ0n) is 43.3. The summed E-state index contributed by atoms with van der Waals surface area (Å²) in [6.45, 7) is 0. The van der Waals surface area contributed by atoms with Crippen LogP contribution in [0.2, 0.25) is 0 Å². The lowest BCUT2D eigenvalue weighted by molar-refractivity contribution is -0.219. The van der Waals surface area contributed by atoms with Crippen LogP contribution in [-0.2, 0) is 25.0 Å². The van der Waals surface area contributed by atoms with Gasteiger partial charge >= 0.3 is 5.79 Å². The van der Waals surface area contributed by atoms with Crippen molar-refractivity contribution in [3.8, 4) is 109 Å². The SMILES string of the molecule is Oc1cc(O)c2c(c1)O[C@@]1(c3ccc(O)c(O)c3)Oc3cc(O)c4c(c3[C@@H]2[C@H]1O)O[C@H](c1ccc(O)c(O)c1)[C@H](O)C4.Oc1cc(O)c2c(c1)O[C@H](c1ccc(O)c(O)c1)[C@H](O)[C@H]2c1c(O)cc(O)c2c1C[C@H](c1ccc(O)c(O)c1)[C@H](O)C2. The van der Waals surface area contributed by atoms with Gasteiger partial charge in [0.1, 0.15) is 81.6 Å². The summed E-state index contributed by atoms with van der Waals surface area (Å²) in [4.78, 5) is 0. The number of benzene rings is 8. The first kappa shape index (κ1) is 54.4. The van der Waals surface area contributed by atoms with E-state index in [0.29, 0.717) is 22.3 Å². The smallest absolute Gasteiger partial charge is 0.305 e. The summed E-state index contributed by atoms with van der Waals surface area (Å²) in [5.74, 6) is -11.0. The first-order valence-corrected chi connectivity index (χ1v) is 26.0. The van der Waals surface area contributed by atoms with Gasteiger partial charge in [0.2, 0.25) is 0 Å². The van der Waals surface area contributed by atoms with Gasteiger partial charge in [0.25, 0.3) is 0 Å². The Kier molecular flexibility index (Phi) is 12.8. The van der Waals surface area contributed by atoms with Gasteiger partial charge in [0.15, 0.2) is 52.1 Å². The molecular weight excluding hydrogens is 1100 g/mol. The normalized spacial score (nSPS) is 24.1. The third-order valence-corrected chi connectivity index (χ3v) is 16.3. The lowest BCUT2D eigenvalue weighted by atomic mass is 9.71. The van der Waals surface area contributed by atoms with Gasteiger partial charge in [-0.15, -0.1) is 0 Å². The topological polar surface area (TPSA) is 421 Å². The second kappa shape index (κ2) is 19.8. The minimum absolute atomic E-state index is 0.0163. The molecule has 19 N–H and O–H groups in total. The number of hydrogen-bond acceptors (Lipinski definition) is 23. The van der Waals surface area contributed by atoms with Crippen LogP contribution in [0.25, 0.3) is 0 Å². The molecule has 0 amide bonds. The summed E-state index contributed by atoms with van der Waals surface area (Å²) in [5.41, 5.74) is 2.45. The summed E-state index contributed by atoms with van der Waals surface area (Å²) < 4.78 is 24.6. The molecule has 434 valence electrons. The maximum absolute atomic E-state index is 11.9. The van der Waals surface area contributed by atoms with E-state index in [1.807, 2.05) is 0 Å². The minimum atomic E-state index is -2.09. The average Bonchev–Trinajstić information content (AvgIpc) is 2.65. The first-order valence-electron chi connectivity index (χ1n) is 26.0. The van der Waals surface area contributed by atoms with Crippen LogP contribution in [0.15, 0.2) is 109 Å². The van der Waals surface area contributed by atoms with E-state index in [9.17, 15) is 97.0 Å². The Hall–Kier alpha value is -10.2. The molecule has 23 heteroatoms. The molecule has 5 aliphatic rings. The molecule has 8 aromatic rings. The van der Waals surface area contributed by atoms with Gasteiger partial charge in [-0.05, 0) is 83.3 Å². The molecule has 1 aliphatic carbocycles. The Balaban J connectivity index is 0.000000165. The van der Waals surface area contributed by atoms with Gasteiger partial charge in [0, 0.05) is 94.1 Å². The predicted molar refractivity (Wildman–Crippen MR) is 288 cm³/mol. The first-order chi connectivity index (χ1) is 39.9. The summed E-state index contributed by atoms with van der Waals surface area (Å²) >= 11 is 0. The molecule has 13 rings (SSSR count). The Morgan fingerprint density at radius 3 is 1.43 bits per heavy atom. The van der Waals surface area contributed by atoms with E-state index in [0.717, 1.165) is 24.3 Å². The molecule has 0 radical (unpaired) electrons. The van der Waals surface area contributed by atoms with E-state index in [1.54, 1.807) is 0 Å². The number of fused-ring (bicyclic) bond motifs is 10. The number of hydrogen-bond donors (Lipinski definition) is 19. The number of aliphatic hydroxyl groups is 4. The quantitative estimate of drug-likeness (QED) is 0.0879. The highest BCUT2D eigenvalue weighted by molar-refractivity contribution is 5.69. The molecular formula is C61H52O23. The highest BCUT2D eigenvalue weighted by Gasteiger charge is 2.60. The molecule has 8 aromatic carbocycles. The number of ether oxygens (including phenoxy) is 4. The third-order valence-electron chi connectivity index (χ3n) is 16.3. The van der Waals surface area contributed by atoms with Crippen molar-refractivity contribution in [1.82, 2.24) is 0 Å². The molecule has 4 aliphatic heterocycles. The lowest BCUT2D eigenvalue weighted by Gasteiger charge is -2.50. The molecule has 0 saturated heterocycles. The van der Waals surface area contributed by atoms with E-state index in [2.05, 4.69) is 0 Å². The van der Waals surface area contributed by atoms with E-state index in [4.69, 9.17) is 18.9 Å². The van der Waals surface area contributed by atoms with Crippen molar-refractivity contribution in [3.05, 3.63) is 170 Å². The summed E-state index contributed by atoms with van der Waals surface area (Å²) in [5, 5.41) is 201. The van der Waals surface area contributed by atoms with Crippen LogP contribution in [0.3, 0.4) is 0 Å². The maximum Gasteiger partial charge on any atom is 0.305 e. The van der Waals surface area contributed by atoms with Crippen molar-refractivity contribution >= 4 is 0 Å². The number of phenols is 15. The molecule has 2 bridgehead atoms. The molecule has 84 heavy (non-hydrogen) atoms. The van der Waals surface area contributed by atoms with Crippen molar-refractivity contribution in [1.29, 1.82) is 0 Å². The summed E-state index contributed by atoms with van der Waals surface area (Å²) in [6, 6.07) is 22.5. The molecule has 23 nitrogen and oxygen atoms in total. The fourth-order valence-electron chi connectivity index (χ4n) is 12.3. The van der Waals surface area contributed by atoms with Crippen molar-refractivity contribution in [2.75, 3.05) is 0 Å². The van der Waals surface area contributed by atoms with Gasteiger partial charge in [-0.1, -0.05) is 18.2 Å². The lowest BCUT2D eigenvalue weighted by Crippen LogP contribution is -2.57. The van der Waals surface area contributed by atoms with Gasteiger partial charge < -0.3 is 116 Å². The predicted octanol–water partition coefficient (Wildman–Crippen LogP) is 5.99. The number of rotatable bonds is 5. The fraction of sp³-hybridized carbons (Fsp3) is 0.213. The number of phenolic OH excluding ortho intramolecular Hbond substituents is 15. The van der Waals surface area contributed by atoms with Crippen molar-refractivity contribution in [2.24, 2.45) is 0 Å². The van der Waals surface area contributed by atoms with Crippen LogP contribution < -0.4 is 18.9 Å². The van der Waals surface area contributed by atoms with Gasteiger partial charge in [-0.25, -0.2) is 0 Å². The summed E-state index contributed by atoms with van der Waals surface area (Å²) in [7, 11) is 0. The van der Waals surface area contributed by atoms with Gasteiger partial charge in [-0.3, -0.25) is 0 Å². The maximum atomic E-state index is 11.9. The number of aromatic hydroxyl groups is 15. The largest absolute Gasteiger partial charge is 0.508 e. The minimum Gasteiger partial charge on any atom is -0.508 e. The second-order valence-electron chi connectivity index (χ2n) is 21.3. The van der Waals surface area contributed by atoms with E-state index in [-0.39, 0.29) is 121 Å². The Morgan fingerprint density at radius 2 is 0.833 bits per heavy atom. The highest BCUT2D eigenvalue weighted by Crippen LogP contribution is 2.63. The zero-order chi connectivity index (χ0) is 59.7. The third kappa shape index (κ3) is 8.67. The van der Waals surface area contributed by atoms with E-state index < -0.39 is 106 Å². The van der Waals surface area contributed by atoms with Crippen LogP contribution >= 0.6 is 0 Å². The molecule has 0 spiro atoms. The van der Waals surface area contributed by atoms with Crippen molar-refractivity contribution < 1.29 is 116 Å². The van der Waals surface area contributed by atoms with Gasteiger partial charge in [0.05, 0.1) is 24.0 Å². The Bertz CT molecular complexity index is 4000. The van der Waals surface area contributed by atoms with Crippen LogP contribution in [-0.4, -0.2) is 121 Å². The van der Waals surface area contributed by atoms with Crippen molar-refractivity contribution in [2.45, 2.75) is 79.4 Å². The molecule has 10 atom stereocenters. The Labute approximate surface area is 473 Å². The van der Waals surface area contributed by atoms with Crippen LogP contribution in [0.4, 0.5) is 0 Å². The van der Waals surface area contributed by atoms with Crippen LogP contribution in [0.1, 0.15) is 91.2 Å². The zero-order valence-corrected chi connectivity index (χ0v) is 43.3. The average molecular weight is 1150 g/mol. The van der Waals surface area contributed by atoms with Gasteiger partial charge in [-0.2, -0.15) is 0 Å².